The molecule has 3 aromatic heterocycles. The second kappa shape index (κ2) is 10.4. The lowest BCUT2D eigenvalue weighted by atomic mass is 10.2. The van der Waals surface area contributed by atoms with Gasteiger partial charge in [-0.3, -0.25) is 9.78 Å². The average Bonchev–Trinajstić information content (AvgIpc) is 3.17. The van der Waals surface area contributed by atoms with Crippen molar-refractivity contribution in [3.63, 3.8) is 0 Å². The molecular weight excluding hydrogens is 432 g/mol. The second-order valence-electron chi connectivity index (χ2n) is 7.40. The number of nitrogens with zero attached hydrogens (tertiary/aromatic N) is 3. The summed E-state index contributed by atoms with van der Waals surface area (Å²) in [6.07, 6.45) is 6.48. The zero-order valence-electron chi connectivity index (χ0n) is 18.9. The van der Waals surface area contributed by atoms with Gasteiger partial charge in [0.1, 0.15) is 18.0 Å². The van der Waals surface area contributed by atoms with Crippen LogP contribution in [0.2, 0.25) is 0 Å². The lowest BCUT2D eigenvalue weighted by Gasteiger charge is -2.08. The van der Waals surface area contributed by atoms with E-state index in [1.54, 1.807) is 61.8 Å². The number of fused-ring (bicyclic) bond motifs is 1. The number of nitrogens with one attached hydrogen (secondary N) is 1. The fraction of sp³-hybridized carbons (Fsp3) is 0.154. The highest BCUT2D eigenvalue weighted by Gasteiger charge is 2.10. The fourth-order valence-electron chi connectivity index (χ4n) is 3.30. The van der Waals surface area contributed by atoms with Crippen molar-refractivity contribution in [2.24, 2.45) is 0 Å². The fourth-order valence-corrected chi connectivity index (χ4v) is 3.30. The van der Waals surface area contributed by atoms with Gasteiger partial charge in [-0.2, -0.15) is 0 Å². The highest BCUT2D eigenvalue weighted by molar-refractivity contribution is 6.04. The molecule has 0 aliphatic rings. The van der Waals surface area contributed by atoms with Crippen LogP contribution in [0.15, 0.2) is 73.1 Å². The Bertz CT molecular complexity index is 1330. The number of esters is 1. The predicted octanol–water partition coefficient (Wildman–Crippen LogP) is 4.45. The van der Waals surface area contributed by atoms with Gasteiger partial charge in [0.2, 0.25) is 0 Å². The number of imidazole rings is 1. The summed E-state index contributed by atoms with van der Waals surface area (Å²) in [5, 5.41) is 2.90. The quantitative estimate of drug-likeness (QED) is 0.311. The summed E-state index contributed by atoms with van der Waals surface area (Å²) in [6, 6.07) is 16.2. The van der Waals surface area contributed by atoms with Crippen molar-refractivity contribution in [2.45, 2.75) is 20.5 Å². The summed E-state index contributed by atoms with van der Waals surface area (Å²) in [5.74, 6) is -0.00282. The number of amides is 1. The first-order chi connectivity index (χ1) is 16.5. The van der Waals surface area contributed by atoms with Crippen LogP contribution >= 0.6 is 0 Å². The summed E-state index contributed by atoms with van der Waals surface area (Å²) in [5.41, 5.74) is 4.14. The highest BCUT2D eigenvalue weighted by atomic mass is 16.5. The molecule has 0 atom stereocenters. The molecule has 1 amide bonds. The Morgan fingerprint density at radius 2 is 1.91 bits per heavy atom. The largest absolute Gasteiger partial charge is 0.487 e. The number of rotatable bonds is 8. The zero-order valence-corrected chi connectivity index (χ0v) is 18.9. The minimum Gasteiger partial charge on any atom is -0.487 e. The van der Waals surface area contributed by atoms with Gasteiger partial charge in [0.15, 0.2) is 0 Å². The van der Waals surface area contributed by atoms with E-state index in [4.69, 9.17) is 9.47 Å². The Morgan fingerprint density at radius 1 is 1.09 bits per heavy atom. The van der Waals surface area contributed by atoms with Crippen molar-refractivity contribution in [3.8, 4) is 5.75 Å². The maximum Gasteiger partial charge on any atom is 0.330 e. The summed E-state index contributed by atoms with van der Waals surface area (Å²) in [7, 11) is 0. The van der Waals surface area contributed by atoms with E-state index in [-0.39, 0.29) is 5.91 Å². The molecule has 1 aromatic carbocycles. The molecule has 0 bridgehead atoms. The minimum atomic E-state index is -0.417. The summed E-state index contributed by atoms with van der Waals surface area (Å²) < 4.78 is 12.5. The number of aryl methyl sites for hydroxylation is 1. The molecule has 0 aliphatic carbocycles. The van der Waals surface area contributed by atoms with Gasteiger partial charge >= 0.3 is 5.97 Å². The van der Waals surface area contributed by atoms with E-state index in [1.807, 2.05) is 29.5 Å². The standard InChI is InChI=1S/C26H24N4O4/c1-3-33-25(31)14-12-23-18(2)30-16-20(9-13-24(30)29-23)28-26(32)19-7-10-22(11-8-19)34-17-21-6-4-5-15-27-21/h4-16H,3,17H2,1-2H3,(H,28,32). The van der Waals surface area contributed by atoms with Gasteiger partial charge in [0, 0.05) is 29.7 Å². The number of carbonyl (C=O) groups is 2. The molecule has 8 heteroatoms. The molecule has 0 unspecified atom stereocenters. The van der Waals surface area contributed by atoms with E-state index in [2.05, 4.69) is 15.3 Å². The maximum absolute atomic E-state index is 12.7. The summed E-state index contributed by atoms with van der Waals surface area (Å²) in [4.78, 5) is 33.0. The first-order valence-electron chi connectivity index (χ1n) is 10.8. The summed E-state index contributed by atoms with van der Waals surface area (Å²) >= 11 is 0. The van der Waals surface area contributed by atoms with Crippen LogP contribution in [0, 0.1) is 6.92 Å². The van der Waals surface area contributed by atoms with E-state index in [9.17, 15) is 9.59 Å². The third-order valence-electron chi connectivity index (χ3n) is 5.05. The van der Waals surface area contributed by atoms with E-state index in [0.29, 0.717) is 41.6 Å². The van der Waals surface area contributed by atoms with Gasteiger partial charge in [0.05, 0.1) is 23.7 Å². The van der Waals surface area contributed by atoms with E-state index in [1.165, 1.54) is 6.08 Å². The number of ether oxygens (including phenoxy) is 2. The lowest BCUT2D eigenvalue weighted by molar-refractivity contribution is -0.137. The van der Waals surface area contributed by atoms with Crippen LogP contribution in [0.1, 0.15) is 34.4 Å². The van der Waals surface area contributed by atoms with Crippen molar-refractivity contribution < 1.29 is 19.1 Å². The Balaban J connectivity index is 1.42. The Kier molecular flexibility index (Phi) is 6.98. The zero-order chi connectivity index (χ0) is 23.9. The van der Waals surface area contributed by atoms with Crippen LogP contribution in [-0.4, -0.2) is 32.9 Å². The molecule has 172 valence electrons. The molecule has 0 radical (unpaired) electrons. The Hall–Kier alpha value is -4.46. The van der Waals surface area contributed by atoms with Crippen LogP contribution in [0.3, 0.4) is 0 Å². The minimum absolute atomic E-state index is 0.240. The molecular formula is C26H24N4O4. The molecule has 4 rings (SSSR count). The smallest absolute Gasteiger partial charge is 0.330 e. The maximum atomic E-state index is 12.7. The molecule has 1 N–H and O–H groups in total. The highest BCUT2D eigenvalue weighted by Crippen LogP contribution is 2.19. The number of hydrogen-bond acceptors (Lipinski definition) is 6. The molecule has 34 heavy (non-hydrogen) atoms. The molecule has 0 saturated heterocycles. The number of anilines is 1. The molecule has 4 aromatic rings. The van der Waals surface area contributed by atoms with Gasteiger partial charge in [0.25, 0.3) is 5.91 Å². The normalized spacial score (nSPS) is 11.0. The van der Waals surface area contributed by atoms with Crippen molar-refractivity contribution in [3.05, 3.63) is 95.7 Å². The van der Waals surface area contributed by atoms with Gasteiger partial charge < -0.3 is 19.2 Å². The van der Waals surface area contributed by atoms with Crippen molar-refractivity contribution in [1.82, 2.24) is 14.4 Å². The SMILES string of the molecule is CCOC(=O)C=Cc1nc2ccc(NC(=O)c3ccc(OCc4ccccn4)cc3)cn2c1C. The molecule has 0 fully saturated rings. The lowest BCUT2D eigenvalue weighted by Crippen LogP contribution is -2.12. The topological polar surface area (TPSA) is 94.8 Å². The third-order valence-corrected chi connectivity index (χ3v) is 5.05. The van der Waals surface area contributed by atoms with Gasteiger partial charge in [-0.15, -0.1) is 0 Å². The number of aromatic nitrogens is 3. The molecule has 8 nitrogen and oxygen atoms in total. The number of hydrogen-bond donors (Lipinski definition) is 1. The van der Waals surface area contributed by atoms with Crippen LogP contribution in [0.25, 0.3) is 11.7 Å². The molecule has 0 spiro atoms. The number of benzene rings is 1. The van der Waals surface area contributed by atoms with Crippen LogP contribution < -0.4 is 10.1 Å². The first kappa shape index (κ1) is 22.7. The second-order valence-corrected chi connectivity index (χ2v) is 7.40. The average molecular weight is 457 g/mol. The summed E-state index contributed by atoms with van der Waals surface area (Å²) in [6.45, 7) is 4.31. The van der Waals surface area contributed by atoms with Gasteiger partial charge in [-0.25, -0.2) is 9.78 Å². The number of carbonyl (C=O) groups excluding carboxylic acids is 2. The van der Waals surface area contributed by atoms with E-state index < -0.39 is 5.97 Å². The van der Waals surface area contributed by atoms with Gasteiger partial charge in [-0.1, -0.05) is 6.07 Å². The van der Waals surface area contributed by atoms with Crippen LogP contribution in [-0.2, 0) is 16.1 Å². The van der Waals surface area contributed by atoms with Crippen LogP contribution in [0.5, 0.6) is 5.75 Å². The van der Waals surface area contributed by atoms with E-state index >= 15 is 0 Å². The van der Waals surface area contributed by atoms with Crippen LogP contribution in [0.4, 0.5) is 5.69 Å². The third kappa shape index (κ3) is 5.47. The van der Waals surface area contributed by atoms with Crippen molar-refractivity contribution in [2.75, 3.05) is 11.9 Å². The van der Waals surface area contributed by atoms with Crippen molar-refractivity contribution >= 4 is 29.3 Å². The van der Waals surface area contributed by atoms with E-state index in [0.717, 1.165) is 11.4 Å². The molecule has 3 heterocycles. The first-order valence-corrected chi connectivity index (χ1v) is 10.8. The Morgan fingerprint density at radius 3 is 2.65 bits per heavy atom. The molecule has 0 aliphatic heterocycles. The van der Waals surface area contributed by atoms with Crippen molar-refractivity contribution in [1.29, 1.82) is 0 Å². The van der Waals surface area contributed by atoms with Gasteiger partial charge in [-0.05, 0) is 68.5 Å². The Labute approximate surface area is 196 Å². The monoisotopic (exact) mass is 456 g/mol. The predicted molar refractivity (Wildman–Crippen MR) is 129 cm³/mol. The number of pyridine rings is 2. The molecule has 0 saturated carbocycles.